The topological polar surface area (TPSA) is 181 Å². The molecule has 0 aliphatic carbocycles. The summed E-state index contributed by atoms with van der Waals surface area (Å²) in [4.78, 5) is 39.2. The van der Waals surface area contributed by atoms with Crippen LogP contribution in [0.1, 0.15) is 107 Å². The third-order valence-corrected chi connectivity index (χ3v) is 14.3. The molecular formula is C56H67F2N7O7S. The van der Waals surface area contributed by atoms with Crippen LogP contribution < -0.4 is 29.7 Å². The molecule has 3 atom stereocenters. The third kappa shape index (κ3) is 13.0. The number of carbonyl (C=O) groups is 2. The van der Waals surface area contributed by atoms with Crippen molar-refractivity contribution in [2.75, 3.05) is 49.2 Å². The molecule has 3 saturated heterocycles. The van der Waals surface area contributed by atoms with Crippen molar-refractivity contribution in [2.45, 2.75) is 77.9 Å². The highest BCUT2D eigenvalue weighted by molar-refractivity contribution is 7.87. The number of amides is 1. The molecule has 0 saturated carbocycles. The molecule has 6 aromatic rings. The summed E-state index contributed by atoms with van der Waals surface area (Å²) in [7, 11) is -4.09. The summed E-state index contributed by atoms with van der Waals surface area (Å²) in [6, 6.07) is 34.9. The number of carbonyl (C=O) groups excluding carboxylic acids is 1. The number of aromatic nitrogens is 2. The van der Waals surface area contributed by atoms with Crippen molar-refractivity contribution in [1.29, 1.82) is 0 Å². The van der Waals surface area contributed by atoms with E-state index >= 15 is 0 Å². The molecule has 5 heterocycles. The quantitative estimate of drug-likeness (QED) is 0.0836. The van der Waals surface area contributed by atoms with Gasteiger partial charge in [0.25, 0.3) is 5.91 Å². The minimum atomic E-state index is -4.09. The first kappa shape index (κ1) is 52.4. The molecule has 3 aliphatic heterocycles. The van der Waals surface area contributed by atoms with Crippen molar-refractivity contribution < 1.29 is 44.2 Å². The standard InChI is InChI=1S/C30H36FN5O4S.C26H27FN2O3.2H2/c1-20(2)19-40-25-16-22(15-23(31)17-25)27-11-10-26(30(37)34-41(38,39)35-14-12-24(32)18-35)29(33-27)36-13-6-9-28(36)21-7-4-3-5-8-21;1-17(2)16-32-21-14-19(13-20(27)15-21)23-11-10-22(26(30)31)25(28-23)29-12-6-9-24(29)18-7-4-3-5-8-18;;/h3-5,7-8,10-11,15-17,20,24,28H,6,9,12-14,18-19,32H2,1-2H3,(H,34,37);3-5,7-8,10-11,13-15,17,24H,6,9,12,16H2,1-2H3,(H,30,31);2*1H/t24-,28?;;;/m1.../s1. The van der Waals surface area contributed by atoms with Gasteiger partial charge < -0.3 is 30.1 Å². The highest BCUT2D eigenvalue weighted by atomic mass is 32.2. The first-order valence-electron chi connectivity index (χ1n) is 24.9. The number of ether oxygens (including phenoxy) is 2. The molecule has 1 amide bonds. The minimum absolute atomic E-state index is 0. The summed E-state index contributed by atoms with van der Waals surface area (Å²) in [5.41, 5.74) is 10.4. The summed E-state index contributed by atoms with van der Waals surface area (Å²) >= 11 is 0. The van der Waals surface area contributed by atoms with E-state index in [0.29, 0.717) is 84.3 Å². The molecule has 73 heavy (non-hydrogen) atoms. The molecule has 0 radical (unpaired) electrons. The summed E-state index contributed by atoms with van der Waals surface area (Å²) in [5, 5.41) is 9.81. The highest BCUT2D eigenvalue weighted by Gasteiger charge is 2.35. The molecule has 2 unspecified atom stereocenters. The monoisotopic (exact) mass is 1020 g/mol. The van der Waals surface area contributed by atoms with Crippen LogP contribution >= 0.6 is 0 Å². The Hall–Kier alpha value is -6.95. The van der Waals surface area contributed by atoms with Crippen molar-refractivity contribution >= 4 is 33.7 Å². The van der Waals surface area contributed by atoms with E-state index in [9.17, 15) is 31.9 Å². The lowest BCUT2D eigenvalue weighted by molar-refractivity contribution is 0.0696. The number of anilines is 2. The van der Waals surface area contributed by atoms with Crippen molar-refractivity contribution in [3.8, 4) is 34.0 Å². The summed E-state index contributed by atoms with van der Waals surface area (Å²) in [6.07, 6.45) is 4.09. The third-order valence-electron chi connectivity index (χ3n) is 12.9. The van der Waals surface area contributed by atoms with Gasteiger partial charge in [-0.3, -0.25) is 4.79 Å². The zero-order valence-electron chi connectivity index (χ0n) is 41.6. The second kappa shape index (κ2) is 23.3. The second-order valence-electron chi connectivity index (χ2n) is 19.6. The predicted octanol–water partition coefficient (Wildman–Crippen LogP) is 10.7. The number of carboxylic acids is 1. The second-order valence-corrected chi connectivity index (χ2v) is 21.2. The van der Waals surface area contributed by atoms with Crippen LogP contribution in [0.3, 0.4) is 0 Å². The number of nitrogens with zero attached hydrogens (tertiary/aromatic N) is 5. The SMILES string of the molecule is CC(C)COc1cc(F)cc(-c2ccc(C(=O)NS(=O)(=O)N3CC[C@@H](N)C3)c(N3CCCC3c3ccccc3)n2)c1.CC(C)COc1cc(F)cc(-c2ccc(C(=O)O)c(N3CCCC3c3ccccc3)n2)c1.[HH].[HH]. The van der Waals surface area contributed by atoms with Crippen LogP contribution in [-0.4, -0.2) is 85.1 Å². The minimum Gasteiger partial charge on any atom is -0.493 e. The maximum Gasteiger partial charge on any atom is 0.339 e. The molecule has 2 aromatic heterocycles. The molecule has 17 heteroatoms. The van der Waals surface area contributed by atoms with Crippen LogP contribution in [0, 0.1) is 23.5 Å². The van der Waals surface area contributed by atoms with Gasteiger partial charge in [0.2, 0.25) is 0 Å². The van der Waals surface area contributed by atoms with E-state index in [1.807, 2.05) is 81.1 Å². The smallest absolute Gasteiger partial charge is 0.339 e. The summed E-state index contributed by atoms with van der Waals surface area (Å²) in [5.74, 6) is -0.548. The number of nitrogens with two attached hydrogens (primary N) is 1. The average molecular weight is 1020 g/mol. The van der Waals surface area contributed by atoms with Gasteiger partial charge in [-0.15, -0.1) is 0 Å². The van der Waals surface area contributed by atoms with Crippen LogP contribution in [0.4, 0.5) is 20.4 Å². The number of rotatable bonds is 16. The number of nitrogens with one attached hydrogen (secondary N) is 1. The van der Waals surface area contributed by atoms with Gasteiger partial charge in [0, 0.05) is 58.3 Å². The van der Waals surface area contributed by atoms with Gasteiger partial charge in [-0.1, -0.05) is 88.4 Å². The number of aromatic carboxylic acids is 1. The zero-order valence-corrected chi connectivity index (χ0v) is 42.4. The Morgan fingerprint density at radius 1 is 0.685 bits per heavy atom. The molecule has 4 aromatic carbocycles. The van der Waals surface area contributed by atoms with Crippen LogP contribution in [0.5, 0.6) is 11.5 Å². The molecular weight excluding hydrogens is 953 g/mol. The van der Waals surface area contributed by atoms with Gasteiger partial charge >= 0.3 is 16.2 Å². The van der Waals surface area contributed by atoms with Crippen LogP contribution in [0.2, 0.25) is 0 Å². The maximum atomic E-state index is 14.6. The lowest BCUT2D eigenvalue weighted by Crippen LogP contribution is -2.43. The van der Waals surface area contributed by atoms with Crippen LogP contribution in [0.15, 0.2) is 121 Å². The Bertz CT molecular complexity index is 3020. The molecule has 9 rings (SSSR count). The first-order valence-corrected chi connectivity index (χ1v) is 26.3. The Kier molecular flexibility index (Phi) is 16.7. The molecule has 3 fully saturated rings. The number of benzene rings is 4. The van der Waals surface area contributed by atoms with Gasteiger partial charge in [-0.2, -0.15) is 12.7 Å². The summed E-state index contributed by atoms with van der Waals surface area (Å²) in [6.45, 7) is 10.7. The number of hydrogen-bond donors (Lipinski definition) is 3. The number of carboxylic acid groups (broad SMARTS) is 1. The van der Waals surface area contributed by atoms with E-state index in [1.165, 1.54) is 28.6 Å². The van der Waals surface area contributed by atoms with Crippen LogP contribution in [-0.2, 0) is 10.2 Å². The maximum absolute atomic E-state index is 14.6. The van der Waals surface area contributed by atoms with Gasteiger partial charge in [0.1, 0.15) is 40.3 Å². The fourth-order valence-corrected chi connectivity index (χ4v) is 10.6. The fraction of sp³-hybridized carbons (Fsp3) is 0.357. The van der Waals surface area contributed by atoms with Crippen molar-refractivity contribution in [1.82, 2.24) is 19.0 Å². The number of halogens is 2. The van der Waals surface area contributed by atoms with Crippen LogP contribution in [0.25, 0.3) is 22.5 Å². The number of pyridine rings is 2. The van der Waals surface area contributed by atoms with E-state index in [0.717, 1.165) is 36.8 Å². The highest BCUT2D eigenvalue weighted by Crippen LogP contribution is 2.40. The average Bonchev–Trinajstić information content (AvgIpc) is 4.18. The molecule has 4 N–H and O–H groups in total. The lowest BCUT2D eigenvalue weighted by Gasteiger charge is -2.28. The molecule has 0 spiro atoms. The fourth-order valence-electron chi connectivity index (χ4n) is 9.41. The molecule has 3 aliphatic rings. The molecule has 14 nitrogen and oxygen atoms in total. The van der Waals surface area contributed by atoms with Gasteiger partial charge in [-0.25, -0.2) is 28.3 Å². The normalized spacial score (nSPS) is 18.0. The van der Waals surface area contributed by atoms with E-state index < -0.39 is 33.7 Å². The van der Waals surface area contributed by atoms with Gasteiger partial charge in [0.15, 0.2) is 0 Å². The largest absolute Gasteiger partial charge is 0.493 e. The van der Waals surface area contributed by atoms with Crippen molar-refractivity contribution in [2.24, 2.45) is 17.6 Å². The molecule has 0 bridgehead atoms. The van der Waals surface area contributed by atoms with Gasteiger partial charge in [-0.05, 0) is 104 Å². The van der Waals surface area contributed by atoms with E-state index in [4.69, 9.17) is 25.2 Å². The Morgan fingerprint density at radius 2 is 1.15 bits per heavy atom. The summed E-state index contributed by atoms with van der Waals surface area (Å²) < 4.78 is 69.8. The number of hydrogen-bond acceptors (Lipinski definition) is 11. The van der Waals surface area contributed by atoms with E-state index in [1.54, 1.807) is 36.4 Å². The first-order chi connectivity index (χ1) is 35.0. The Balaban J connectivity index is 0.000000244. The Labute approximate surface area is 429 Å². The van der Waals surface area contributed by atoms with Crippen molar-refractivity contribution in [3.63, 3.8) is 0 Å². The Morgan fingerprint density at radius 3 is 1.59 bits per heavy atom. The lowest BCUT2D eigenvalue weighted by atomic mass is 10.0. The van der Waals surface area contributed by atoms with E-state index in [2.05, 4.69) is 21.8 Å². The van der Waals surface area contributed by atoms with Crippen molar-refractivity contribution in [3.05, 3.63) is 155 Å². The zero-order chi connectivity index (χ0) is 51.8. The predicted molar refractivity (Wildman–Crippen MR) is 283 cm³/mol. The molecule has 388 valence electrons. The van der Waals surface area contributed by atoms with Gasteiger partial charge in [0.05, 0.1) is 42.2 Å². The van der Waals surface area contributed by atoms with E-state index in [-0.39, 0.29) is 51.1 Å².